The Hall–Kier alpha value is -0.830. The third-order valence-corrected chi connectivity index (χ3v) is 4.07. The lowest BCUT2D eigenvalue weighted by molar-refractivity contribution is -0.387. The number of rotatable bonds is 5. The van der Waals surface area contributed by atoms with Crippen molar-refractivity contribution in [3.8, 4) is 0 Å². The summed E-state index contributed by atoms with van der Waals surface area (Å²) in [5.74, 6) is -0.0846. The van der Waals surface area contributed by atoms with Crippen molar-refractivity contribution in [1.29, 1.82) is 0 Å². The van der Waals surface area contributed by atoms with Crippen LogP contribution in [0, 0.1) is 10.1 Å². The largest absolute Gasteiger partial charge is 0.284 e. The van der Waals surface area contributed by atoms with Gasteiger partial charge in [0.1, 0.15) is 0 Å². The third-order valence-electron chi connectivity index (χ3n) is 1.74. The van der Waals surface area contributed by atoms with Crippen molar-refractivity contribution in [3.05, 3.63) is 33.3 Å². The first kappa shape index (κ1) is 14.2. The van der Waals surface area contributed by atoms with E-state index in [0.717, 1.165) is 11.8 Å². The molecule has 0 fully saturated rings. The minimum absolute atomic E-state index is 0.142. The lowest BCUT2D eigenvalue weighted by Gasteiger charge is -2.02. The maximum Gasteiger partial charge on any atom is 0.284 e. The normalized spacial score (nSPS) is 11.4. The molecule has 0 aliphatic rings. The Bertz CT molecular complexity index is 532. The fraction of sp³-hybridized carbons (Fsp3) is 0.250. The molecule has 0 unspecified atom stereocenters. The zero-order valence-corrected chi connectivity index (χ0v) is 10.9. The van der Waals surface area contributed by atoms with Gasteiger partial charge in [0, 0.05) is 16.8 Å². The Morgan fingerprint density at radius 3 is 2.65 bits per heavy atom. The predicted molar refractivity (Wildman–Crippen MR) is 66.8 cm³/mol. The maximum atomic E-state index is 10.7. The van der Waals surface area contributed by atoms with Gasteiger partial charge in [0.05, 0.1) is 15.6 Å². The predicted octanol–water partition coefficient (Wildman–Crippen LogP) is 1.63. The monoisotopic (exact) mass is 296 g/mol. The molecule has 9 heteroatoms. The van der Waals surface area contributed by atoms with E-state index in [0.29, 0.717) is 4.90 Å². The number of halogens is 1. The van der Waals surface area contributed by atoms with E-state index in [2.05, 4.69) is 0 Å². The van der Waals surface area contributed by atoms with E-state index < -0.39 is 14.9 Å². The van der Waals surface area contributed by atoms with Crippen LogP contribution in [0.15, 0.2) is 23.1 Å². The Kier molecular flexibility index (Phi) is 4.75. The SMILES string of the molecule is NS(=O)(=O)CCSc1ccc(Cl)cc1[N+](=O)[O-]. The molecule has 17 heavy (non-hydrogen) atoms. The minimum atomic E-state index is -3.55. The Labute approximate surface area is 107 Å². The van der Waals surface area contributed by atoms with Gasteiger partial charge in [-0.3, -0.25) is 10.1 Å². The fourth-order valence-electron chi connectivity index (χ4n) is 1.02. The highest BCUT2D eigenvalue weighted by Crippen LogP contribution is 2.31. The van der Waals surface area contributed by atoms with Crippen LogP contribution in [0.25, 0.3) is 0 Å². The second-order valence-electron chi connectivity index (χ2n) is 3.08. The van der Waals surface area contributed by atoms with Gasteiger partial charge in [-0.1, -0.05) is 11.6 Å². The average Bonchev–Trinajstić information content (AvgIpc) is 2.18. The lowest BCUT2D eigenvalue weighted by atomic mass is 10.3. The fourth-order valence-corrected chi connectivity index (χ4v) is 3.12. The standard InChI is InChI=1S/C8H9ClN2O4S2/c9-6-1-2-8(7(5-6)11(12)13)16-3-4-17(10,14)15/h1-2,5H,3-4H2,(H2,10,14,15). The van der Waals surface area contributed by atoms with Crippen LogP contribution in [-0.4, -0.2) is 24.8 Å². The van der Waals surface area contributed by atoms with E-state index in [-0.39, 0.29) is 22.2 Å². The summed E-state index contributed by atoms with van der Waals surface area (Å²) in [6.45, 7) is 0. The van der Waals surface area contributed by atoms with Gasteiger partial charge in [0.25, 0.3) is 5.69 Å². The van der Waals surface area contributed by atoms with Crippen molar-refractivity contribution in [3.63, 3.8) is 0 Å². The highest BCUT2D eigenvalue weighted by Gasteiger charge is 2.15. The molecule has 1 aromatic rings. The van der Waals surface area contributed by atoms with Crippen LogP contribution >= 0.6 is 23.4 Å². The van der Waals surface area contributed by atoms with E-state index >= 15 is 0 Å². The molecule has 94 valence electrons. The molecule has 0 atom stereocenters. The van der Waals surface area contributed by atoms with Gasteiger partial charge < -0.3 is 0 Å². The summed E-state index contributed by atoms with van der Waals surface area (Å²) in [7, 11) is -3.55. The summed E-state index contributed by atoms with van der Waals surface area (Å²) in [6.07, 6.45) is 0. The lowest BCUT2D eigenvalue weighted by Crippen LogP contribution is -2.17. The molecule has 0 aromatic heterocycles. The van der Waals surface area contributed by atoms with Crippen molar-refractivity contribution in [2.45, 2.75) is 4.90 Å². The molecule has 0 aliphatic heterocycles. The van der Waals surface area contributed by atoms with Gasteiger partial charge in [-0.2, -0.15) is 0 Å². The van der Waals surface area contributed by atoms with E-state index in [1.165, 1.54) is 18.2 Å². The van der Waals surface area contributed by atoms with Crippen molar-refractivity contribution in [2.75, 3.05) is 11.5 Å². The number of hydrogen-bond acceptors (Lipinski definition) is 5. The van der Waals surface area contributed by atoms with Gasteiger partial charge in [-0.25, -0.2) is 13.6 Å². The highest BCUT2D eigenvalue weighted by atomic mass is 35.5. The van der Waals surface area contributed by atoms with Crippen molar-refractivity contribution in [2.24, 2.45) is 5.14 Å². The van der Waals surface area contributed by atoms with Crippen LogP contribution in [0.1, 0.15) is 0 Å². The van der Waals surface area contributed by atoms with Gasteiger partial charge in [-0.15, -0.1) is 11.8 Å². The molecule has 2 N–H and O–H groups in total. The van der Waals surface area contributed by atoms with Crippen molar-refractivity contribution >= 4 is 39.1 Å². The number of nitrogens with two attached hydrogens (primary N) is 1. The molecule has 0 saturated carbocycles. The van der Waals surface area contributed by atoms with Crippen LogP contribution in [0.5, 0.6) is 0 Å². The van der Waals surface area contributed by atoms with Crippen LogP contribution in [0.3, 0.4) is 0 Å². The van der Waals surface area contributed by atoms with Gasteiger partial charge in [0.15, 0.2) is 0 Å². The van der Waals surface area contributed by atoms with Crippen molar-refractivity contribution in [1.82, 2.24) is 0 Å². The second kappa shape index (κ2) is 5.67. The molecule has 0 radical (unpaired) electrons. The molecule has 0 amide bonds. The molecule has 0 spiro atoms. The first-order valence-corrected chi connectivity index (χ1v) is 7.45. The van der Waals surface area contributed by atoms with Crippen LogP contribution in [-0.2, 0) is 10.0 Å². The van der Waals surface area contributed by atoms with Gasteiger partial charge >= 0.3 is 0 Å². The number of thioether (sulfide) groups is 1. The molecule has 6 nitrogen and oxygen atoms in total. The smallest absolute Gasteiger partial charge is 0.258 e. The average molecular weight is 297 g/mol. The molecule has 0 bridgehead atoms. The molecule has 1 aromatic carbocycles. The molecule has 0 heterocycles. The second-order valence-corrected chi connectivity index (χ2v) is 6.39. The van der Waals surface area contributed by atoms with Crippen molar-refractivity contribution < 1.29 is 13.3 Å². The number of nitro groups is 1. The summed E-state index contributed by atoms with van der Waals surface area (Å²) in [4.78, 5) is 10.5. The number of hydrogen-bond donors (Lipinski definition) is 1. The van der Waals surface area contributed by atoms with E-state index in [1.807, 2.05) is 0 Å². The summed E-state index contributed by atoms with van der Waals surface area (Å²) < 4.78 is 21.4. The summed E-state index contributed by atoms with van der Waals surface area (Å²) in [6, 6.07) is 4.21. The van der Waals surface area contributed by atoms with Gasteiger partial charge in [0.2, 0.25) is 10.0 Å². The first-order valence-electron chi connectivity index (χ1n) is 4.37. The Morgan fingerprint density at radius 2 is 2.12 bits per heavy atom. The topological polar surface area (TPSA) is 103 Å². The number of benzene rings is 1. The Balaban J connectivity index is 2.81. The third kappa shape index (κ3) is 4.90. The van der Waals surface area contributed by atoms with E-state index in [4.69, 9.17) is 16.7 Å². The number of nitrogens with zero attached hydrogens (tertiary/aromatic N) is 1. The number of sulfonamides is 1. The molecular weight excluding hydrogens is 288 g/mol. The van der Waals surface area contributed by atoms with Crippen LogP contribution in [0.4, 0.5) is 5.69 Å². The number of primary sulfonamides is 1. The zero-order chi connectivity index (χ0) is 13.1. The van der Waals surface area contributed by atoms with Gasteiger partial charge in [-0.05, 0) is 12.1 Å². The van der Waals surface area contributed by atoms with E-state index in [1.54, 1.807) is 0 Å². The summed E-state index contributed by atoms with van der Waals surface area (Å²) >= 11 is 6.69. The molecular formula is C8H9ClN2O4S2. The zero-order valence-electron chi connectivity index (χ0n) is 8.50. The maximum absolute atomic E-state index is 10.7. The van der Waals surface area contributed by atoms with E-state index in [9.17, 15) is 18.5 Å². The highest BCUT2D eigenvalue weighted by molar-refractivity contribution is 8.00. The quantitative estimate of drug-likeness (QED) is 0.505. The Morgan fingerprint density at radius 1 is 1.47 bits per heavy atom. The summed E-state index contributed by atoms with van der Waals surface area (Å²) in [5.41, 5.74) is -0.142. The molecule has 1 rings (SSSR count). The molecule has 0 saturated heterocycles. The molecule has 0 aliphatic carbocycles. The summed E-state index contributed by atoms with van der Waals surface area (Å²) in [5, 5.41) is 15.8. The minimum Gasteiger partial charge on any atom is -0.258 e. The van der Waals surface area contributed by atoms with Crippen LogP contribution < -0.4 is 5.14 Å². The van der Waals surface area contributed by atoms with Crippen LogP contribution in [0.2, 0.25) is 5.02 Å². The first-order chi connectivity index (χ1) is 7.79. The number of nitro benzene ring substituents is 1.